The molecular formula is C9H11NO2. The molecule has 0 aliphatic heterocycles. The van der Waals surface area contributed by atoms with Crippen molar-refractivity contribution in [1.29, 1.82) is 0 Å². The summed E-state index contributed by atoms with van der Waals surface area (Å²) in [6, 6.07) is 1.65. The lowest BCUT2D eigenvalue weighted by Crippen LogP contribution is -1.97. The minimum atomic E-state index is 0.0425. The van der Waals surface area contributed by atoms with Crippen molar-refractivity contribution < 1.29 is 9.21 Å². The Morgan fingerprint density at radius 2 is 2.58 bits per heavy atom. The van der Waals surface area contributed by atoms with E-state index in [2.05, 4.69) is 4.99 Å². The van der Waals surface area contributed by atoms with E-state index in [1.807, 2.05) is 6.92 Å². The van der Waals surface area contributed by atoms with E-state index in [-0.39, 0.29) is 5.78 Å². The van der Waals surface area contributed by atoms with Crippen molar-refractivity contribution in [2.45, 2.75) is 13.3 Å². The SMILES string of the molecule is CCN=CCC(=O)c1ccoc1. The Labute approximate surface area is 71.1 Å². The third-order valence-corrected chi connectivity index (χ3v) is 1.43. The van der Waals surface area contributed by atoms with Gasteiger partial charge >= 0.3 is 0 Å². The molecule has 0 unspecified atom stereocenters. The lowest BCUT2D eigenvalue weighted by molar-refractivity contribution is 0.100. The van der Waals surface area contributed by atoms with Gasteiger partial charge in [-0.25, -0.2) is 0 Å². The maximum atomic E-state index is 11.2. The predicted molar refractivity (Wildman–Crippen MR) is 46.7 cm³/mol. The molecule has 0 aliphatic carbocycles. The molecule has 0 aromatic carbocycles. The second kappa shape index (κ2) is 4.49. The largest absolute Gasteiger partial charge is 0.472 e. The first kappa shape index (κ1) is 8.71. The van der Waals surface area contributed by atoms with E-state index in [1.54, 1.807) is 12.3 Å². The van der Waals surface area contributed by atoms with Crippen molar-refractivity contribution in [3.63, 3.8) is 0 Å². The van der Waals surface area contributed by atoms with Crippen LogP contribution in [0.25, 0.3) is 0 Å². The van der Waals surface area contributed by atoms with Crippen LogP contribution in [0.1, 0.15) is 23.7 Å². The fourth-order valence-electron chi connectivity index (χ4n) is 0.818. The van der Waals surface area contributed by atoms with E-state index < -0.39 is 0 Å². The van der Waals surface area contributed by atoms with Crippen LogP contribution in [0.2, 0.25) is 0 Å². The minimum Gasteiger partial charge on any atom is -0.472 e. The molecule has 1 rings (SSSR count). The Morgan fingerprint density at radius 1 is 1.75 bits per heavy atom. The maximum absolute atomic E-state index is 11.2. The van der Waals surface area contributed by atoms with Gasteiger partial charge in [-0.15, -0.1) is 0 Å². The molecule has 0 spiro atoms. The van der Waals surface area contributed by atoms with Gasteiger partial charge in [0.25, 0.3) is 0 Å². The van der Waals surface area contributed by atoms with Crippen LogP contribution >= 0.6 is 0 Å². The standard InChI is InChI=1S/C9H11NO2/c1-2-10-5-3-9(11)8-4-6-12-7-8/h4-7H,2-3H2,1H3. The fourth-order valence-corrected chi connectivity index (χ4v) is 0.818. The quantitative estimate of drug-likeness (QED) is 0.505. The smallest absolute Gasteiger partial charge is 0.171 e. The van der Waals surface area contributed by atoms with Crippen LogP contribution in [0.3, 0.4) is 0 Å². The van der Waals surface area contributed by atoms with Crippen LogP contribution in [0.15, 0.2) is 28.0 Å². The molecule has 0 aliphatic rings. The van der Waals surface area contributed by atoms with Crippen LogP contribution < -0.4 is 0 Å². The first-order chi connectivity index (χ1) is 5.84. The van der Waals surface area contributed by atoms with E-state index in [0.29, 0.717) is 12.0 Å². The van der Waals surface area contributed by atoms with Crippen LogP contribution in [-0.2, 0) is 0 Å². The van der Waals surface area contributed by atoms with Gasteiger partial charge < -0.3 is 4.42 Å². The van der Waals surface area contributed by atoms with E-state index in [4.69, 9.17) is 4.42 Å². The molecule has 64 valence electrons. The second-order valence-electron chi connectivity index (χ2n) is 2.32. The van der Waals surface area contributed by atoms with Gasteiger partial charge in [0, 0.05) is 19.2 Å². The zero-order valence-electron chi connectivity index (χ0n) is 6.99. The number of hydrogen-bond donors (Lipinski definition) is 0. The van der Waals surface area contributed by atoms with Crippen molar-refractivity contribution in [2.75, 3.05) is 6.54 Å². The Bertz CT molecular complexity index is 262. The number of furan rings is 1. The van der Waals surface area contributed by atoms with E-state index in [1.165, 1.54) is 12.5 Å². The first-order valence-corrected chi connectivity index (χ1v) is 3.88. The van der Waals surface area contributed by atoms with E-state index >= 15 is 0 Å². The third kappa shape index (κ3) is 2.34. The molecule has 0 radical (unpaired) electrons. The van der Waals surface area contributed by atoms with Crippen molar-refractivity contribution in [1.82, 2.24) is 0 Å². The van der Waals surface area contributed by atoms with Crippen LogP contribution in [0.4, 0.5) is 0 Å². The molecule has 0 N–H and O–H groups in total. The summed E-state index contributed by atoms with van der Waals surface area (Å²) >= 11 is 0. The lowest BCUT2D eigenvalue weighted by atomic mass is 10.2. The normalized spacial score (nSPS) is 10.8. The number of carbonyl (C=O) groups excluding carboxylic acids is 1. The summed E-state index contributed by atoms with van der Waals surface area (Å²) in [7, 11) is 0. The third-order valence-electron chi connectivity index (χ3n) is 1.43. The summed E-state index contributed by atoms with van der Waals surface area (Å²) in [5.41, 5.74) is 0.609. The molecular weight excluding hydrogens is 154 g/mol. The molecule has 3 nitrogen and oxygen atoms in total. The number of carbonyl (C=O) groups is 1. The van der Waals surface area contributed by atoms with Gasteiger partial charge in [0.15, 0.2) is 5.78 Å². The number of rotatable bonds is 4. The molecule has 0 saturated heterocycles. The number of hydrogen-bond acceptors (Lipinski definition) is 3. The summed E-state index contributed by atoms with van der Waals surface area (Å²) in [5, 5.41) is 0. The Morgan fingerprint density at radius 3 is 3.17 bits per heavy atom. The van der Waals surface area contributed by atoms with Crippen LogP contribution in [0, 0.1) is 0 Å². The first-order valence-electron chi connectivity index (χ1n) is 3.88. The topological polar surface area (TPSA) is 42.6 Å². The molecule has 1 aromatic rings. The van der Waals surface area contributed by atoms with Gasteiger partial charge in [-0.3, -0.25) is 9.79 Å². The van der Waals surface area contributed by atoms with E-state index in [9.17, 15) is 4.79 Å². The molecule has 3 heteroatoms. The highest BCUT2D eigenvalue weighted by Gasteiger charge is 2.03. The zero-order valence-corrected chi connectivity index (χ0v) is 6.99. The van der Waals surface area contributed by atoms with Crippen LogP contribution in [-0.4, -0.2) is 18.5 Å². The molecule has 1 aromatic heterocycles. The van der Waals surface area contributed by atoms with Gasteiger partial charge in [-0.05, 0) is 13.0 Å². The van der Waals surface area contributed by atoms with Gasteiger partial charge in [0.05, 0.1) is 11.8 Å². The van der Waals surface area contributed by atoms with Gasteiger partial charge in [0.2, 0.25) is 0 Å². The molecule has 1 heterocycles. The average molecular weight is 165 g/mol. The second-order valence-corrected chi connectivity index (χ2v) is 2.32. The summed E-state index contributed by atoms with van der Waals surface area (Å²) in [6.07, 6.45) is 4.93. The van der Waals surface area contributed by atoms with Crippen molar-refractivity contribution >= 4 is 12.0 Å². The highest BCUT2D eigenvalue weighted by atomic mass is 16.3. The molecule has 12 heavy (non-hydrogen) atoms. The predicted octanol–water partition coefficient (Wildman–Crippen LogP) is 1.94. The van der Waals surface area contributed by atoms with Crippen molar-refractivity contribution in [3.8, 4) is 0 Å². The number of aliphatic imine (C=N–C) groups is 1. The Hall–Kier alpha value is -1.38. The molecule has 0 bridgehead atoms. The minimum absolute atomic E-state index is 0.0425. The summed E-state index contributed by atoms with van der Waals surface area (Å²) in [4.78, 5) is 15.2. The summed E-state index contributed by atoms with van der Waals surface area (Å²) < 4.78 is 4.78. The summed E-state index contributed by atoms with van der Waals surface area (Å²) in [6.45, 7) is 2.65. The number of nitrogens with zero attached hydrogens (tertiary/aromatic N) is 1. The van der Waals surface area contributed by atoms with Crippen LogP contribution in [0.5, 0.6) is 0 Å². The molecule has 0 atom stereocenters. The van der Waals surface area contributed by atoms with Gasteiger partial charge in [0.1, 0.15) is 6.26 Å². The zero-order chi connectivity index (χ0) is 8.81. The van der Waals surface area contributed by atoms with Gasteiger partial charge in [-0.1, -0.05) is 0 Å². The highest BCUT2D eigenvalue weighted by molar-refractivity contribution is 6.03. The van der Waals surface area contributed by atoms with Crippen molar-refractivity contribution in [3.05, 3.63) is 24.2 Å². The Kier molecular flexibility index (Phi) is 3.26. The fraction of sp³-hybridized carbons (Fsp3) is 0.333. The molecule has 0 amide bonds. The average Bonchev–Trinajstić information content (AvgIpc) is 2.56. The summed E-state index contributed by atoms with van der Waals surface area (Å²) in [5.74, 6) is 0.0425. The van der Waals surface area contributed by atoms with Gasteiger partial charge in [-0.2, -0.15) is 0 Å². The number of Topliss-reactive ketones (excluding diaryl/α,β-unsaturated/α-hetero) is 1. The number of ketones is 1. The lowest BCUT2D eigenvalue weighted by Gasteiger charge is -1.88. The highest BCUT2D eigenvalue weighted by Crippen LogP contribution is 2.02. The monoisotopic (exact) mass is 165 g/mol. The molecule has 0 fully saturated rings. The maximum Gasteiger partial charge on any atom is 0.171 e. The van der Waals surface area contributed by atoms with E-state index in [0.717, 1.165) is 6.54 Å². The Balaban J connectivity index is 2.45. The van der Waals surface area contributed by atoms with Crippen molar-refractivity contribution in [2.24, 2.45) is 4.99 Å². The molecule has 0 saturated carbocycles.